The van der Waals surface area contributed by atoms with E-state index in [2.05, 4.69) is 29.1 Å². The molecule has 0 unspecified atom stereocenters. The zero-order valence-electron chi connectivity index (χ0n) is 17.7. The van der Waals surface area contributed by atoms with Crippen molar-refractivity contribution in [1.29, 1.82) is 0 Å². The van der Waals surface area contributed by atoms with Gasteiger partial charge in [0.15, 0.2) is 11.5 Å². The molecule has 6 heteroatoms. The minimum absolute atomic E-state index is 0.0810. The SMILES string of the molecule is Cc1cccc(C)c1OCc1cc(C(=O)N2CCN(c3ccccc3)C[C@@H]2C)no1. The Balaban J connectivity index is 1.38. The first kappa shape index (κ1) is 20.0. The summed E-state index contributed by atoms with van der Waals surface area (Å²) in [5.74, 6) is 1.28. The zero-order valence-corrected chi connectivity index (χ0v) is 17.7. The zero-order chi connectivity index (χ0) is 21.1. The van der Waals surface area contributed by atoms with Crippen molar-refractivity contribution in [2.24, 2.45) is 0 Å². The number of anilines is 1. The Bertz CT molecular complexity index is 995. The second-order valence-electron chi connectivity index (χ2n) is 7.82. The minimum Gasteiger partial charge on any atom is -0.485 e. The van der Waals surface area contributed by atoms with Crippen LogP contribution in [0.25, 0.3) is 0 Å². The molecule has 1 saturated heterocycles. The lowest BCUT2D eigenvalue weighted by atomic mass is 10.1. The third kappa shape index (κ3) is 4.17. The van der Waals surface area contributed by atoms with E-state index in [-0.39, 0.29) is 18.6 Å². The predicted octanol–water partition coefficient (Wildman–Crippen LogP) is 4.22. The molecule has 30 heavy (non-hydrogen) atoms. The van der Waals surface area contributed by atoms with E-state index in [4.69, 9.17) is 9.26 Å². The number of para-hydroxylation sites is 2. The van der Waals surface area contributed by atoms with Gasteiger partial charge in [0.1, 0.15) is 12.4 Å². The van der Waals surface area contributed by atoms with Crippen molar-refractivity contribution in [3.05, 3.63) is 77.2 Å². The van der Waals surface area contributed by atoms with Crippen molar-refractivity contribution in [3.8, 4) is 5.75 Å². The van der Waals surface area contributed by atoms with Gasteiger partial charge < -0.3 is 19.1 Å². The van der Waals surface area contributed by atoms with Crippen LogP contribution in [0.15, 0.2) is 59.1 Å². The van der Waals surface area contributed by atoms with E-state index in [0.717, 1.165) is 30.0 Å². The van der Waals surface area contributed by atoms with Crippen LogP contribution in [0.5, 0.6) is 5.75 Å². The van der Waals surface area contributed by atoms with Crippen molar-refractivity contribution in [2.75, 3.05) is 24.5 Å². The van der Waals surface area contributed by atoms with Crippen molar-refractivity contribution in [1.82, 2.24) is 10.1 Å². The van der Waals surface area contributed by atoms with Crippen molar-refractivity contribution in [3.63, 3.8) is 0 Å². The van der Waals surface area contributed by atoms with Gasteiger partial charge in [-0.05, 0) is 44.0 Å². The van der Waals surface area contributed by atoms with Gasteiger partial charge in [-0.15, -0.1) is 0 Å². The van der Waals surface area contributed by atoms with E-state index in [9.17, 15) is 4.79 Å². The summed E-state index contributed by atoms with van der Waals surface area (Å²) in [6.07, 6.45) is 0. The summed E-state index contributed by atoms with van der Waals surface area (Å²) in [5, 5.41) is 4.00. The largest absolute Gasteiger partial charge is 0.485 e. The molecule has 0 saturated carbocycles. The summed E-state index contributed by atoms with van der Waals surface area (Å²) in [6, 6.07) is 18.1. The van der Waals surface area contributed by atoms with Crippen molar-refractivity contribution >= 4 is 11.6 Å². The van der Waals surface area contributed by atoms with Gasteiger partial charge in [-0.2, -0.15) is 0 Å². The molecule has 0 aliphatic carbocycles. The average Bonchev–Trinajstić information content (AvgIpc) is 3.22. The fourth-order valence-corrected chi connectivity index (χ4v) is 3.93. The van der Waals surface area contributed by atoms with Crippen molar-refractivity contribution < 1.29 is 14.1 Å². The third-order valence-corrected chi connectivity index (χ3v) is 5.56. The number of hydrogen-bond donors (Lipinski definition) is 0. The van der Waals surface area contributed by atoms with Crippen LogP contribution in [0, 0.1) is 13.8 Å². The quantitative estimate of drug-likeness (QED) is 0.636. The smallest absolute Gasteiger partial charge is 0.276 e. The molecule has 1 aliphatic heterocycles. The highest BCUT2D eigenvalue weighted by Gasteiger charge is 2.30. The topological polar surface area (TPSA) is 58.8 Å². The van der Waals surface area contributed by atoms with Gasteiger partial charge in [0.05, 0.1) is 0 Å². The number of benzene rings is 2. The fourth-order valence-electron chi connectivity index (χ4n) is 3.93. The van der Waals surface area contributed by atoms with Crippen LogP contribution in [0.4, 0.5) is 5.69 Å². The van der Waals surface area contributed by atoms with Gasteiger partial charge in [0.25, 0.3) is 5.91 Å². The molecule has 0 bridgehead atoms. The van der Waals surface area contributed by atoms with E-state index in [1.54, 1.807) is 6.07 Å². The van der Waals surface area contributed by atoms with Crippen LogP contribution >= 0.6 is 0 Å². The molecule has 156 valence electrons. The van der Waals surface area contributed by atoms with Crippen LogP contribution < -0.4 is 9.64 Å². The number of aromatic nitrogens is 1. The van der Waals surface area contributed by atoms with Crippen LogP contribution in [0.1, 0.15) is 34.3 Å². The molecule has 1 fully saturated rings. The second kappa shape index (κ2) is 8.61. The van der Waals surface area contributed by atoms with Gasteiger partial charge in [-0.1, -0.05) is 41.6 Å². The molecule has 2 aromatic carbocycles. The maximum absolute atomic E-state index is 13.0. The highest BCUT2D eigenvalue weighted by atomic mass is 16.5. The Hall–Kier alpha value is -3.28. The van der Waals surface area contributed by atoms with Gasteiger partial charge >= 0.3 is 0 Å². The molecule has 1 atom stereocenters. The summed E-state index contributed by atoms with van der Waals surface area (Å²) in [5.41, 5.74) is 3.64. The second-order valence-corrected chi connectivity index (χ2v) is 7.82. The van der Waals surface area contributed by atoms with Crippen molar-refractivity contribution in [2.45, 2.75) is 33.4 Å². The average molecular weight is 405 g/mol. The molecule has 2 heterocycles. The molecular weight excluding hydrogens is 378 g/mol. The lowest BCUT2D eigenvalue weighted by Gasteiger charge is -2.40. The minimum atomic E-state index is -0.0997. The van der Waals surface area contributed by atoms with E-state index in [1.165, 1.54) is 5.69 Å². The predicted molar refractivity (Wildman–Crippen MR) is 116 cm³/mol. The van der Waals surface area contributed by atoms with Gasteiger partial charge in [0.2, 0.25) is 0 Å². The summed E-state index contributed by atoms with van der Waals surface area (Å²) < 4.78 is 11.3. The molecular formula is C24H27N3O3. The van der Waals surface area contributed by atoms with E-state index < -0.39 is 0 Å². The number of piperazine rings is 1. The molecule has 0 radical (unpaired) electrons. The number of aryl methyl sites for hydroxylation is 2. The van der Waals surface area contributed by atoms with Crippen LogP contribution in [-0.4, -0.2) is 41.6 Å². The number of amides is 1. The highest BCUT2D eigenvalue weighted by Crippen LogP contribution is 2.24. The Labute approximate surface area is 177 Å². The van der Waals surface area contributed by atoms with Crippen LogP contribution in [-0.2, 0) is 6.61 Å². The first-order valence-corrected chi connectivity index (χ1v) is 10.3. The Kier molecular flexibility index (Phi) is 5.74. The lowest BCUT2D eigenvalue weighted by Crippen LogP contribution is -2.54. The Morgan fingerprint density at radius 2 is 1.83 bits per heavy atom. The standard InChI is InChI=1S/C24H27N3O3/c1-17-8-7-9-18(2)23(17)29-16-21-14-22(25-30-21)24(28)27-13-12-26(15-19(27)3)20-10-5-4-6-11-20/h4-11,14,19H,12-13,15-16H2,1-3H3/t19-/m0/s1. The number of carbonyl (C=O) groups excluding carboxylic acids is 1. The molecule has 3 aromatic rings. The first-order chi connectivity index (χ1) is 14.5. The number of ether oxygens (including phenoxy) is 1. The number of carbonyl (C=O) groups is 1. The van der Waals surface area contributed by atoms with E-state index in [1.807, 2.05) is 55.1 Å². The lowest BCUT2D eigenvalue weighted by molar-refractivity contribution is 0.0663. The fraction of sp³-hybridized carbons (Fsp3) is 0.333. The number of nitrogens with zero attached hydrogens (tertiary/aromatic N) is 3. The van der Waals surface area contributed by atoms with Crippen LogP contribution in [0.2, 0.25) is 0 Å². The maximum Gasteiger partial charge on any atom is 0.276 e. The molecule has 1 aliphatic rings. The molecule has 6 nitrogen and oxygen atoms in total. The van der Waals surface area contributed by atoms with E-state index >= 15 is 0 Å². The Morgan fingerprint density at radius 1 is 1.10 bits per heavy atom. The summed E-state index contributed by atoms with van der Waals surface area (Å²) in [6.45, 7) is 8.55. The summed E-state index contributed by atoms with van der Waals surface area (Å²) >= 11 is 0. The number of rotatable bonds is 5. The van der Waals surface area contributed by atoms with Crippen LogP contribution in [0.3, 0.4) is 0 Å². The monoisotopic (exact) mass is 405 g/mol. The third-order valence-electron chi connectivity index (χ3n) is 5.56. The molecule has 0 spiro atoms. The molecule has 1 amide bonds. The van der Waals surface area contributed by atoms with Gasteiger partial charge in [-0.25, -0.2) is 0 Å². The first-order valence-electron chi connectivity index (χ1n) is 10.3. The highest BCUT2D eigenvalue weighted by molar-refractivity contribution is 5.92. The summed E-state index contributed by atoms with van der Waals surface area (Å²) in [7, 11) is 0. The van der Waals surface area contributed by atoms with Gasteiger partial charge in [0, 0.05) is 37.4 Å². The molecule has 4 rings (SSSR count). The number of hydrogen-bond acceptors (Lipinski definition) is 5. The molecule has 0 N–H and O–H groups in total. The Morgan fingerprint density at radius 3 is 2.53 bits per heavy atom. The summed E-state index contributed by atoms with van der Waals surface area (Å²) in [4.78, 5) is 17.2. The van der Waals surface area contributed by atoms with E-state index in [0.29, 0.717) is 18.0 Å². The van der Waals surface area contributed by atoms with Gasteiger partial charge in [-0.3, -0.25) is 4.79 Å². The molecule has 1 aromatic heterocycles. The normalized spacial score (nSPS) is 16.6. The maximum atomic E-state index is 13.0.